The monoisotopic (exact) mass is 236 g/mol. The number of amides is 1. The Morgan fingerprint density at radius 3 is 3.06 bits per heavy atom. The number of carbonyl (C=O) groups is 1. The molecule has 1 aromatic heterocycles. The minimum absolute atomic E-state index is 0.219. The number of hydrogen-bond donors (Lipinski definition) is 1. The summed E-state index contributed by atoms with van der Waals surface area (Å²) < 4.78 is 0.775. The van der Waals surface area contributed by atoms with E-state index >= 15 is 0 Å². The summed E-state index contributed by atoms with van der Waals surface area (Å²) in [6, 6.07) is 2.31. The summed E-state index contributed by atoms with van der Waals surface area (Å²) in [5.41, 5.74) is 2.24. The van der Waals surface area contributed by atoms with E-state index in [0.29, 0.717) is 0 Å². The highest BCUT2D eigenvalue weighted by atomic mass is 32.1. The van der Waals surface area contributed by atoms with Gasteiger partial charge < -0.3 is 9.88 Å². The second-order valence-electron chi connectivity index (χ2n) is 4.30. The Hall–Kier alpha value is -1.16. The largest absolute Gasteiger partial charge is 0.352 e. The standard InChI is InChI=1S/C12H16N2OS/c1-9-6-10(7-13-12(9)16)11-4-2-3-5-14(11)8-15/h6-8,11H,2-5H2,1H3,(H,13,16). The molecule has 0 aliphatic carbocycles. The Kier molecular flexibility index (Phi) is 3.39. The third kappa shape index (κ3) is 2.16. The van der Waals surface area contributed by atoms with Gasteiger partial charge in [0.25, 0.3) is 0 Å². The highest BCUT2D eigenvalue weighted by molar-refractivity contribution is 7.71. The Labute approximate surface area is 100 Å². The molecular formula is C12H16N2OS. The van der Waals surface area contributed by atoms with E-state index in [9.17, 15) is 4.79 Å². The van der Waals surface area contributed by atoms with Crippen LogP contribution in [0.1, 0.15) is 36.4 Å². The number of likely N-dealkylation sites (tertiary alicyclic amines) is 1. The van der Waals surface area contributed by atoms with Crippen LogP contribution in [0.4, 0.5) is 0 Å². The maximum Gasteiger partial charge on any atom is 0.210 e. The predicted octanol–water partition coefficient (Wildman–Crippen LogP) is 2.74. The molecule has 1 aliphatic heterocycles. The molecule has 1 aromatic rings. The van der Waals surface area contributed by atoms with Gasteiger partial charge >= 0.3 is 0 Å². The number of hydrogen-bond acceptors (Lipinski definition) is 2. The van der Waals surface area contributed by atoms with Gasteiger partial charge in [-0.15, -0.1) is 0 Å². The highest BCUT2D eigenvalue weighted by Gasteiger charge is 2.22. The molecule has 1 fully saturated rings. The molecule has 0 bridgehead atoms. The fourth-order valence-electron chi connectivity index (χ4n) is 2.25. The number of pyridine rings is 1. The van der Waals surface area contributed by atoms with Crippen molar-refractivity contribution in [2.45, 2.75) is 32.2 Å². The van der Waals surface area contributed by atoms with Crippen molar-refractivity contribution in [3.63, 3.8) is 0 Å². The minimum Gasteiger partial charge on any atom is -0.352 e. The molecule has 2 heterocycles. The highest BCUT2D eigenvalue weighted by Crippen LogP contribution is 2.29. The topological polar surface area (TPSA) is 36.1 Å². The smallest absolute Gasteiger partial charge is 0.210 e. The Balaban J connectivity index is 2.30. The van der Waals surface area contributed by atoms with Gasteiger partial charge in [0.15, 0.2) is 0 Å². The minimum atomic E-state index is 0.219. The number of nitrogens with one attached hydrogen (secondary N) is 1. The molecule has 86 valence electrons. The molecule has 1 saturated heterocycles. The van der Waals surface area contributed by atoms with Gasteiger partial charge in [-0.05, 0) is 43.4 Å². The number of piperidine rings is 1. The zero-order valence-corrected chi connectivity index (χ0v) is 10.2. The van der Waals surface area contributed by atoms with Gasteiger partial charge in [0.1, 0.15) is 4.64 Å². The summed E-state index contributed by atoms with van der Waals surface area (Å²) in [6.45, 7) is 2.86. The van der Waals surface area contributed by atoms with Crippen LogP contribution in [0.25, 0.3) is 0 Å². The van der Waals surface area contributed by atoms with Crippen LogP contribution in [0.5, 0.6) is 0 Å². The first-order chi connectivity index (χ1) is 7.72. The van der Waals surface area contributed by atoms with Gasteiger partial charge in [0, 0.05) is 12.7 Å². The molecule has 0 spiro atoms. The average molecular weight is 236 g/mol. The summed E-state index contributed by atoms with van der Waals surface area (Å²) in [5.74, 6) is 0. The Morgan fingerprint density at radius 1 is 1.56 bits per heavy atom. The van der Waals surface area contributed by atoms with E-state index in [1.54, 1.807) is 0 Å². The molecule has 1 amide bonds. The number of aryl methyl sites for hydroxylation is 1. The third-order valence-corrected chi connectivity index (χ3v) is 3.62. The van der Waals surface area contributed by atoms with Crippen molar-refractivity contribution in [2.24, 2.45) is 0 Å². The molecule has 1 aliphatic rings. The molecule has 16 heavy (non-hydrogen) atoms. The summed E-state index contributed by atoms with van der Waals surface area (Å²) >= 11 is 5.13. The summed E-state index contributed by atoms with van der Waals surface area (Å²) in [4.78, 5) is 16.0. The predicted molar refractivity (Wildman–Crippen MR) is 65.7 cm³/mol. The first kappa shape index (κ1) is 11.3. The second kappa shape index (κ2) is 4.78. The normalized spacial score (nSPS) is 20.8. The quantitative estimate of drug-likeness (QED) is 0.633. The van der Waals surface area contributed by atoms with Crippen LogP contribution < -0.4 is 0 Å². The van der Waals surface area contributed by atoms with Crippen molar-refractivity contribution in [3.8, 4) is 0 Å². The van der Waals surface area contributed by atoms with E-state index in [1.165, 1.54) is 6.42 Å². The maximum atomic E-state index is 11.0. The molecular weight excluding hydrogens is 220 g/mol. The van der Waals surface area contributed by atoms with Crippen molar-refractivity contribution >= 4 is 18.6 Å². The molecule has 1 unspecified atom stereocenters. The maximum absolute atomic E-state index is 11.0. The van der Waals surface area contributed by atoms with E-state index < -0.39 is 0 Å². The van der Waals surface area contributed by atoms with E-state index in [-0.39, 0.29) is 6.04 Å². The summed E-state index contributed by atoms with van der Waals surface area (Å²) in [6.07, 6.45) is 6.23. The van der Waals surface area contributed by atoms with Crippen molar-refractivity contribution < 1.29 is 4.79 Å². The number of aromatic nitrogens is 1. The van der Waals surface area contributed by atoms with E-state index in [1.807, 2.05) is 18.0 Å². The average Bonchev–Trinajstić information content (AvgIpc) is 2.32. The number of H-pyrrole nitrogens is 1. The van der Waals surface area contributed by atoms with Crippen LogP contribution >= 0.6 is 12.2 Å². The number of aromatic amines is 1. The molecule has 2 rings (SSSR count). The fraction of sp³-hybridized carbons (Fsp3) is 0.500. The van der Waals surface area contributed by atoms with Gasteiger partial charge in [-0.2, -0.15) is 0 Å². The molecule has 0 aromatic carbocycles. The van der Waals surface area contributed by atoms with Gasteiger partial charge in [-0.25, -0.2) is 0 Å². The molecule has 4 heteroatoms. The van der Waals surface area contributed by atoms with Crippen LogP contribution in [-0.2, 0) is 4.79 Å². The van der Waals surface area contributed by atoms with E-state index in [0.717, 1.165) is 41.6 Å². The van der Waals surface area contributed by atoms with Gasteiger partial charge in [0.2, 0.25) is 6.41 Å². The number of carbonyl (C=O) groups excluding carboxylic acids is 1. The van der Waals surface area contributed by atoms with Gasteiger partial charge in [-0.3, -0.25) is 4.79 Å². The molecule has 3 nitrogen and oxygen atoms in total. The fourth-order valence-corrected chi connectivity index (χ4v) is 2.37. The SMILES string of the molecule is Cc1cc(C2CCCCN2C=O)c[nH]c1=S. The summed E-state index contributed by atoms with van der Waals surface area (Å²) in [5, 5.41) is 0. The molecule has 0 radical (unpaired) electrons. The first-order valence-corrected chi connectivity index (χ1v) is 6.03. The Morgan fingerprint density at radius 2 is 2.38 bits per heavy atom. The zero-order chi connectivity index (χ0) is 11.5. The summed E-state index contributed by atoms with van der Waals surface area (Å²) in [7, 11) is 0. The van der Waals surface area contributed by atoms with E-state index in [2.05, 4.69) is 11.1 Å². The number of rotatable bonds is 2. The molecule has 1 N–H and O–H groups in total. The van der Waals surface area contributed by atoms with Crippen molar-refractivity contribution in [1.82, 2.24) is 9.88 Å². The van der Waals surface area contributed by atoms with Crippen LogP contribution in [-0.4, -0.2) is 22.8 Å². The van der Waals surface area contributed by atoms with Crippen molar-refractivity contribution in [2.75, 3.05) is 6.54 Å². The van der Waals surface area contributed by atoms with Crippen LogP contribution in [0.15, 0.2) is 12.3 Å². The van der Waals surface area contributed by atoms with Crippen LogP contribution in [0.3, 0.4) is 0 Å². The second-order valence-corrected chi connectivity index (χ2v) is 4.71. The Bertz CT molecular complexity index is 441. The lowest BCUT2D eigenvalue weighted by Gasteiger charge is -2.33. The lowest BCUT2D eigenvalue weighted by molar-refractivity contribution is -0.121. The lowest BCUT2D eigenvalue weighted by atomic mass is 9.96. The first-order valence-electron chi connectivity index (χ1n) is 5.62. The number of nitrogens with zero attached hydrogens (tertiary/aromatic N) is 1. The molecule has 1 atom stereocenters. The van der Waals surface area contributed by atoms with Crippen LogP contribution in [0.2, 0.25) is 0 Å². The molecule has 0 saturated carbocycles. The third-order valence-electron chi connectivity index (χ3n) is 3.18. The van der Waals surface area contributed by atoms with E-state index in [4.69, 9.17) is 12.2 Å². The van der Waals surface area contributed by atoms with Crippen LogP contribution in [0, 0.1) is 11.6 Å². The van der Waals surface area contributed by atoms with Crippen molar-refractivity contribution in [1.29, 1.82) is 0 Å². The zero-order valence-electron chi connectivity index (χ0n) is 9.40. The van der Waals surface area contributed by atoms with Crippen molar-refractivity contribution in [3.05, 3.63) is 28.0 Å². The lowest BCUT2D eigenvalue weighted by Crippen LogP contribution is -2.32. The van der Waals surface area contributed by atoms with Gasteiger partial charge in [-0.1, -0.05) is 12.2 Å². The van der Waals surface area contributed by atoms with Gasteiger partial charge in [0.05, 0.1) is 6.04 Å².